The number of benzene rings is 1. The standard InChI is InChI=1S/C8H12N2O2S/c1-10-13(2,12)7-5-3-4-6(9)8(7)11/h3-5,11H,9H2,1-2H3. The first kappa shape index (κ1) is 9.85. The van der Waals surface area contributed by atoms with Gasteiger partial charge in [0, 0.05) is 13.3 Å². The van der Waals surface area contributed by atoms with Gasteiger partial charge in [-0.2, -0.15) is 0 Å². The summed E-state index contributed by atoms with van der Waals surface area (Å²) in [4.78, 5) is 0.287. The van der Waals surface area contributed by atoms with Crippen molar-refractivity contribution in [3.63, 3.8) is 0 Å². The molecule has 0 heterocycles. The molecule has 0 aromatic heterocycles. The second kappa shape index (κ2) is 3.26. The molecule has 5 heteroatoms. The molecule has 1 aromatic rings. The molecule has 1 atom stereocenters. The van der Waals surface area contributed by atoms with Gasteiger partial charge in [0.2, 0.25) is 0 Å². The van der Waals surface area contributed by atoms with E-state index in [0.29, 0.717) is 0 Å². The summed E-state index contributed by atoms with van der Waals surface area (Å²) in [6.45, 7) is 0. The molecular formula is C8H12N2O2S. The highest BCUT2D eigenvalue weighted by molar-refractivity contribution is 7.93. The number of aromatic hydroxyl groups is 1. The van der Waals surface area contributed by atoms with E-state index >= 15 is 0 Å². The lowest BCUT2D eigenvalue weighted by atomic mass is 10.3. The summed E-state index contributed by atoms with van der Waals surface area (Å²) in [7, 11) is -1.06. The van der Waals surface area contributed by atoms with Gasteiger partial charge in [0.1, 0.15) is 0 Å². The second-order valence-electron chi connectivity index (χ2n) is 2.68. The van der Waals surface area contributed by atoms with Gasteiger partial charge in [-0.05, 0) is 12.1 Å². The summed E-state index contributed by atoms with van der Waals surface area (Å²) in [6, 6.07) is 4.74. The quantitative estimate of drug-likeness (QED) is 0.525. The van der Waals surface area contributed by atoms with E-state index < -0.39 is 9.73 Å². The number of nitrogens with two attached hydrogens (primary N) is 1. The third-order valence-corrected chi connectivity index (χ3v) is 3.63. The predicted octanol–water partition coefficient (Wildman–Crippen LogP) is 1.06. The van der Waals surface area contributed by atoms with Crippen LogP contribution in [0.25, 0.3) is 0 Å². The van der Waals surface area contributed by atoms with Gasteiger partial charge < -0.3 is 10.8 Å². The van der Waals surface area contributed by atoms with Crippen molar-refractivity contribution in [3.8, 4) is 5.75 Å². The molecule has 0 saturated carbocycles. The number of phenols is 1. The Morgan fingerprint density at radius 1 is 1.54 bits per heavy atom. The molecule has 0 aliphatic rings. The molecule has 0 radical (unpaired) electrons. The topological polar surface area (TPSA) is 75.7 Å². The predicted molar refractivity (Wildman–Crippen MR) is 53.2 cm³/mol. The number of para-hydroxylation sites is 1. The van der Waals surface area contributed by atoms with Gasteiger partial charge in [-0.25, -0.2) is 8.57 Å². The largest absolute Gasteiger partial charge is 0.505 e. The maximum absolute atomic E-state index is 11.7. The van der Waals surface area contributed by atoms with Crippen molar-refractivity contribution < 1.29 is 9.32 Å². The van der Waals surface area contributed by atoms with Crippen LogP contribution in [-0.2, 0) is 9.73 Å². The van der Waals surface area contributed by atoms with Crippen LogP contribution in [0, 0.1) is 0 Å². The van der Waals surface area contributed by atoms with Crippen LogP contribution < -0.4 is 5.73 Å². The molecule has 0 fully saturated rings. The number of nitrogens with zero attached hydrogens (tertiary/aromatic N) is 1. The smallest absolute Gasteiger partial charge is 0.155 e. The highest BCUT2D eigenvalue weighted by atomic mass is 32.2. The molecule has 0 spiro atoms. The number of hydrogen-bond donors (Lipinski definition) is 2. The van der Waals surface area contributed by atoms with Crippen molar-refractivity contribution in [2.45, 2.75) is 4.90 Å². The van der Waals surface area contributed by atoms with Crippen LogP contribution in [-0.4, -0.2) is 22.6 Å². The van der Waals surface area contributed by atoms with E-state index in [1.165, 1.54) is 13.3 Å². The molecule has 0 saturated heterocycles. The van der Waals surface area contributed by atoms with Crippen molar-refractivity contribution in [3.05, 3.63) is 18.2 Å². The van der Waals surface area contributed by atoms with E-state index in [-0.39, 0.29) is 16.3 Å². The third-order valence-electron chi connectivity index (χ3n) is 1.79. The van der Waals surface area contributed by atoms with Crippen LogP contribution in [0.5, 0.6) is 5.75 Å². The Balaban J connectivity index is 3.50. The van der Waals surface area contributed by atoms with E-state index in [1.54, 1.807) is 18.2 Å². The Morgan fingerprint density at radius 3 is 2.69 bits per heavy atom. The van der Waals surface area contributed by atoms with Crippen molar-refractivity contribution in [2.75, 3.05) is 19.0 Å². The van der Waals surface area contributed by atoms with Crippen LogP contribution >= 0.6 is 0 Å². The van der Waals surface area contributed by atoms with Crippen LogP contribution in [0.2, 0.25) is 0 Å². The molecule has 1 aromatic carbocycles. The fourth-order valence-corrected chi connectivity index (χ4v) is 1.95. The van der Waals surface area contributed by atoms with Crippen molar-refractivity contribution in [1.29, 1.82) is 0 Å². The zero-order valence-electron chi connectivity index (χ0n) is 7.52. The number of hydrogen-bond acceptors (Lipinski definition) is 4. The van der Waals surface area contributed by atoms with E-state index in [4.69, 9.17) is 5.73 Å². The van der Waals surface area contributed by atoms with Gasteiger partial charge in [-0.3, -0.25) is 0 Å². The van der Waals surface area contributed by atoms with Gasteiger partial charge in [0.15, 0.2) is 5.75 Å². The van der Waals surface area contributed by atoms with Crippen LogP contribution in [0.3, 0.4) is 0 Å². The van der Waals surface area contributed by atoms with Gasteiger partial charge in [-0.1, -0.05) is 6.07 Å². The molecule has 1 rings (SSSR count). The fraction of sp³-hybridized carbons (Fsp3) is 0.250. The van der Waals surface area contributed by atoms with Crippen molar-refractivity contribution >= 4 is 15.4 Å². The zero-order valence-corrected chi connectivity index (χ0v) is 8.34. The molecule has 1 unspecified atom stereocenters. The Bertz CT molecular complexity index is 434. The van der Waals surface area contributed by atoms with Crippen LogP contribution in [0.1, 0.15) is 0 Å². The van der Waals surface area contributed by atoms with Gasteiger partial charge in [0.05, 0.1) is 20.3 Å². The molecule has 0 aliphatic heterocycles. The SMILES string of the molecule is CN=S(C)(=O)c1cccc(N)c1O. The lowest BCUT2D eigenvalue weighted by Crippen LogP contribution is -1.99. The minimum Gasteiger partial charge on any atom is -0.505 e. The zero-order chi connectivity index (χ0) is 10.1. The Morgan fingerprint density at radius 2 is 2.15 bits per heavy atom. The minimum atomic E-state index is -2.51. The molecule has 0 bridgehead atoms. The van der Waals surface area contributed by atoms with Crippen molar-refractivity contribution in [1.82, 2.24) is 0 Å². The first-order valence-electron chi connectivity index (χ1n) is 3.67. The number of phenolic OH excluding ortho intramolecular Hbond substituents is 1. The molecule has 72 valence electrons. The summed E-state index contributed by atoms with van der Waals surface area (Å²) in [6.07, 6.45) is 1.46. The van der Waals surface area contributed by atoms with E-state index in [0.717, 1.165) is 0 Å². The number of nitrogen functional groups attached to an aromatic ring is 1. The fourth-order valence-electron chi connectivity index (χ4n) is 0.943. The summed E-state index contributed by atoms with van der Waals surface area (Å²) < 4.78 is 15.5. The average molecular weight is 200 g/mol. The van der Waals surface area contributed by atoms with Gasteiger partial charge >= 0.3 is 0 Å². The lowest BCUT2D eigenvalue weighted by molar-refractivity contribution is 0.464. The molecule has 13 heavy (non-hydrogen) atoms. The number of rotatable bonds is 1. The number of anilines is 1. The maximum Gasteiger partial charge on any atom is 0.155 e. The molecule has 0 aliphatic carbocycles. The highest BCUT2D eigenvalue weighted by Crippen LogP contribution is 2.28. The maximum atomic E-state index is 11.7. The van der Waals surface area contributed by atoms with E-state index in [1.807, 2.05) is 0 Å². The minimum absolute atomic E-state index is 0.138. The molecule has 4 nitrogen and oxygen atoms in total. The van der Waals surface area contributed by atoms with E-state index in [9.17, 15) is 9.32 Å². The van der Waals surface area contributed by atoms with Gasteiger partial charge in [-0.15, -0.1) is 0 Å². The van der Waals surface area contributed by atoms with E-state index in [2.05, 4.69) is 4.36 Å². The normalized spacial score (nSPS) is 14.9. The molecule has 0 amide bonds. The van der Waals surface area contributed by atoms with Crippen LogP contribution in [0.4, 0.5) is 5.69 Å². The second-order valence-corrected chi connectivity index (χ2v) is 5.09. The monoisotopic (exact) mass is 200 g/mol. The highest BCUT2D eigenvalue weighted by Gasteiger charge is 2.11. The van der Waals surface area contributed by atoms with Gasteiger partial charge in [0.25, 0.3) is 0 Å². The summed E-state index contributed by atoms with van der Waals surface area (Å²) in [5.74, 6) is -0.138. The first-order valence-corrected chi connectivity index (χ1v) is 5.59. The third kappa shape index (κ3) is 1.75. The Labute approximate surface area is 77.6 Å². The lowest BCUT2D eigenvalue weighted by Gasteiger charge is -2.07. The summed E-state index contributed by atoms with van der Waals surface area (Å²) in [5.41, 5.74) is 5.67. The Kier molecular flexibility index (Phi) is 2.47. The first-order chi connectivity index (χ1) is 5.99. The summed E-state index contributed by atoms with van der Waals surface area (Å²) in [5, 5.41) is 9.50. The Hall–Kier alpha value is -1.23. The molecule has 3 N–H and O–H groups in total. The average Bonchev–Trinajstić information content (AvgIpc) is 2.09. The summed E-state index contributed by atoms with van der Waals surface area (Å²) >= 11 is 0. The molecular weight excluding hydrogens is 188 g/mol. The van der Waals surface area contributed by atoms with Crippen LogP contribution in [0.15, 0.2) is 27.5 Å². The van der Waals surface area contributed by atoms with Crippen molar-refractivity contribution in [2.24, 2.45) is 4.36 Å².